The number of nitrogen functional groups attached to an aromatic ring is 1. The van der Waals surface area contributed by atoms with Gasteiger partial charge in [0.2, 0.25) is 14.2 Å². The highest BCUT2D eigenvalue weighted by Crippen LogP contribution is 2.29. The minimum Gasteiger partial charge on any atom is -0.399 e. The lowest BCUT2D eigenvalue weighted by Crippen LogP contribution is -2.05. The van der Waals surface area contributed by atoms with Crippen molar-refractivity contribution >= 4 is 37.1 Å². The minimum absolute atomic E-state index is 0.0328. The summed E-state index contributed by atoms with van der Waals surface area (Å²) in [6.45, 7) is 1.91. The lowest BCUT2D eigenvalue weighted by Gasteiger charge is -2.04. The fourth-order valence-corrected chi connectivity index (χ4v) is 4.89. The van der Waals surface area contributed by atoms with E-state index in [1.807, 2.05) is 31.2 Å². The van der Waals surface area contributed by atoms with E-state index in [9.17, 15) is 8.42 Å². The molecule has 0 bridgehead atoms. The predicted octanol–water partition coefficient (Wildman–Crippen LogP) is 3.16. The Morgan fingerprint density at radius 3 is 2.71 bits per heavy atom. The highest BCUT2D eigenvalue weighted by atomic mass is 32.2. The minimum atomic E-state index is -3.44. The standard InChI is InChI=1S/C15H14N2O2S2/c1-10-4-2-3-5-11(10)9-21(18,19)15-17-13-7-6-12(16)8-14(13)20-15/h2-8H,9,16H2,1H3. The van der Waals surface area contributed by atoms with E-state index < -0.39 is 9.84 Å². The van der Waals surface area contributed by atoms with Crippen LogP contribution in [-0.4, -0.2) is 13.4 Å². The summed E-state index contributed by atoms with van der Waals surface area (Å²) in [5, 5.41) is 0. The summed E-state index contributed by atoms with van der Waals surface area (Å²) < 4.78 is 26.0. The first-order valence-corrected chi connectivity index (χ1v) is 8.86. The van der Waals surface area contributed by atoms with Crippen LogP contribution >= 0.6 is 11.3 Å². The molecule has 4 nitrogen and oxygen atoms in total. The van der Waals surface area contributed by atoms with E-state index in [1.54, 1.807) is 18.2 Å². The lowest BCUT2D eigenvalue weighted by molar-refractivity contribution is 0.594. The molecule has 0 amide bonds. The molecule has 0 fully saturated rings. The number of hydrogen-bond acceptors (Lipinski definition) is 5. The Morgan fingerprint density at radius 1 is 1.19 bits per heavy atom. The number of thiazole rings is 1. The fraction of sp³-hybridized carbons (Fsp3) is 0.133. The van der Waals surface area contributed by atoms with E-state index in [0.717, 1.165) is 27.2 Å². The second-order valence-electron chi connectivity index (χ2n) is 4.89. The van der Waals surface area contributed by atoms with Crippen molar-refractivity contribution in [2.24, 2.45) is 0 Å². The van der Waals surface area contributed by atoms with E-state index in [4.69, 9.17) is 5.73 Å². The van der Waals surface area contributed by atoms with Gasteiger partial charge in [0.05, 0.1) is 16.0 Å². The molecule has 0 spiro atoms. The number of rotatable bonds is 3. The Hall–Kier alpha value is -1.92. The smallest absolute Gasteiger partial charge is 0.210 e. The average Bonchev–Trinajstić information content (AvgIpc) is 2.85. The van der Waals surface area contributed by atoms with Crippen LogP contribution in [0, 0.1) is 6.92 Å². The summed E-state index contributed by atoms with van der Waals surface area (Å²) in [6, 6.07) is 12.7. The van der Waals surface area contributed by atoms with Crippen molar-refractivity contribution in [2.75, 3.05) is 5.73 Å². The monoisotopic (exact) mass is 318 g/mol. The maximum Gasteiger partial charge on any atom is 0.210 e. The molecule has 0 aliphatic rings. The van der Waals surface area contributed by atoms with E-state index in [0.29, 0.717) is 11.2 Å². The van der Waals surface area contributed by atoms with Crippen LogP contribution in [0.5, 0.6) is 0 Å². The largest absolute Gasteiger partial charge is 0.399 e. The first kappa shape index (κ1) is 14.0. The van der Waals surface area contributed by atoms with Crippen LogP contribution in [0.25, 0.3) is 10.2 Å². The van der Waals surface area contributed by atoms with Gasteiger partial charge in [-0.2, -0.15) is 0 Å². The molecular weight excluding hydrogens is 304 g/mol. The molecule has 21 heavy (non-hydrogen) atoms. The summed E-state index contributed by atoms with van der Waals surface area (Å²) in [6.07, 6.45) is 0. The van der Waals surface area contributed by atoms with Crippen LogP contribution in [0.1, 0.15) is 11.1 Å². The SMILES string of the molecule is Cc1ccccc1CS(=O)(=O)c1nc2ccc(N)cc2s1. The molecule has 1 aromatic heterocycles. The first-order valence-electron chi connectivity index (χ1n) is 6.39. The third kappa shape index (κ3) is 2.77. The summed E-state index contributed by atoms with van der Waals surface area (Å²) in [4.78, 5) is 4.23. The maximum atomic E-state index is 12.5. The number of aromatic nitrogens is 1. The highest BCUT2D eigenvalue weighted by Gasteiger charge is 2.21. The van der Waals surface area contributed by atoms with Crippen LogP contribution in [0.4, 0.5) is 5.69 Å². The van der Waals surface area contributed by atoms with Gasteiger partial charge in [-0.05, 0) is 36.2 Å². The topological polar surface area (TPSA) is 73.0 Å². The zero-order chi connectivity index (χ0) is 15.0. The van der Waals surface area contributed by atoms with E-state index >= 15 is 0 Å². The van der Waals surface area contributed by atoms with Gasteiger partial charge >= 0.3 is 0 Å². The molecule has 6 heteroatoms. The van der Waals surface area contributed by atoms with Crippen LogP contribution < -0.4 is 5.73 Å². The number of hydrogen-bond donors (Lipinski definition) is 1. The fourth-order valence-electron chi connectivity index (χ4n) is 2.09. The van der Waals surface area contributed by atoms with Crippen LogP contribution in [0.15, 0.2) is 46.8 Å². The van der Waals surface area contributed by atoms with Gasteiger partial charge in [-0.3, -0.25) is 0 Å². The second kappa shape index (κ2) is 5.13. The number of nitrogens with two attached hydrogens (primary N) is 1. The van der Waals surface area contributed by atoms with Gasteiger partial charge in [0.25, 0.3) is 0 Å². The van der Waals surface area contributed by atoms with Crippen LogP contribution in [0.2, 0.25) is 0 Å². The zero-order valence-electron chi connectivity index (χ0n) is 11.4. The number of fused-ring (bicyclic) bond motifs is 1. The summed E-state index contributed by atoms with van der Waals surface area (Å²) in [7, 11) is -3.44. The van der Waals surface area contributed by atoms with Gasteiger partial charge < -0.3 is 5.73 Å². The first-order chi connectivity index (χ1) is 9.95. The van der Waals surface area contributed by atoms with E-state index in [-0.39, 0.29) is 10.1 Å². The molecule has 1 heterocycles. The number of sulfone groups is 1. The van der Waals surface area contributed by atoms with Crippen molar-refractivity contribution in [1.29, 1.82) is 0 Å². The third-order valence-corrected chi connectivity index (χ3v) is 6.40. The second-order valence-corrected chi connectivity index (χ2v) is 8.09. The Morgan fingerprint density at radius 2 is 1.95 bits per heavy atom. The van der Waals surface area contributed by atoms with E-state index in [2.05, 4.69) is 4.98 Å². The van der Waals surface area contributed by atoms with Crippen molar-refractivity contribution in [3.05, 3.63) is 53.6 Å². The van der Waals surface area contributed by atoms with Crippen molar-refractivity contribution in [1.82, 2.24) is 4.98 Å². The average molecular weight is 318 g/mol. The molecule has 0 aliphatic heterocycles. The normalized spacial score (nSPS) is 11.9. The number of anilines is 1. The Balaban J connectivity index is 2.02. The molecule has 0 unspecified atom stereocenters. The predicted molar refractivity (Wildman–Crippen MR) is 86.1 cm³/mol. The molecule has 2 N–H and O–H groups in total. The lowest BCUT2D eigenvalue weighted by atomic mass is 10.1. The number of aryl methyl sites for hydroxylation is 1. The van der Waals surface area contributed by atoms with Gasteiger partial charge in [-0.1, -0.05) is 24.3 Å². The zero-order valence-corrected chi connectivity index (χ0v) is 13.0. The van der Waals surface area contributed by atoms with Crippen molar-refractivity contribution in [3.8, 4) is 0 Å². The van der Waals surface area contributed by atoms with Gasteiger partial charge in [0.15, 0.2) is 0 Å². The van der Waals surface area contributed by atoms with Crippen molar-refractivity contribution in [3.63, 3.8) is 0 Å². The number of benzene rings is 2. The van der Waals surface area contributed by atoms with Gasteiger partial charge in [0, 0.05) is 5.69 Å². The van der Waals surface area contributed by atoms with Gasteiger partial charge in [-0.25, -0.2) is 13.4 Å². The third-order valence-electron chi connectivity index (χ3n) is 3.27. The van der Waals surface area contributed by atoms with Crippen molar-refractivity contribution < 1.29 is 8.42 Å². The molecular formula is C15H14N2O2S2. The van der Waals surface area contributed by atoms with Crippen LogP contribution in [-0.2, 0) is 15.6 Å². The molecule has 0 radical (unpaired) electrons. The molecule has 3 rings (SSSR count). The molecule has 2 aromatic carbocycles. The summed E-state index contributed by atoms with van der Waals surface area (Å²) in [5.41, 5.74) is 8.75. The molecule has 0 saturated carbocycles. The van der Waals surface area contributed by atoms with Crippen LogP contribution in [0.3, 0.4) is 0 Å². The van der Waals surface area contributed by atoms with Crippen molar-refractivity contribution in [2.45, 2.75) is 17.0 Å². The molecule has 0 aliphatic carbocycles. The highest BCUT2D eigenvalue weighted by molar-refractivity contribution is 7.92. The molecule has 0 saturated heterocycles. The van der Waals surface area contributed by atoms with Gasteiger partial charge in [-0.15, -0.1) is 11.3 Å². The Kier molecular flexibility index (Phi) is 3.43. The Labute approximate surface area is 127 Å². The van der Waals surface area contributed by atoms with Gasteiger partial charge in [0.1, 0.15) is 0 Å². The molecule has 3 aromatic rings. The molecule has 0 atom stereocenters. The Bertz CT molecular complexity index is 914. The maximum absolute atomic E-state index is 12.5. The molecule has 108 valence electrons. The summed E-state index contributed by atoms with van der Waals surface area (Å²) in [5.74, 6) is -0.0328. The number of nitrogens with zero attached hydrogens (tertiary/aromatic N) is 1. The van der Waals surface area contributed by atoms with E-state index in [1.165, 1.54) is 0 Å². The summed E-state index contributed by atoms with van der Waals surface area (Å²) >= 11 is 1.16. The quantitative estimate of drug-likeness (QED) is 0.753.